The molecule has 0 aromatic heterocycles. The molecule has 0 fully saturated rings. The van der Waals surface area contributed by atoms with Crippen molar-refractivity contribution >= 4 is 46.0 Å². The van der Waals surface area contributed by atoms with Crippen molar-refractivity contribution in [2.45, 2.75) is 0 Å². The van der Waals surface area contributed by atoms with E-state index in [0.717, 1.165) is 22.7 Å². The average molecular weight is 329 g/mol. The van der Waals surface area contributed by atoms with Crippen LogP contribution in [0.1, 0.15) is 0 Å². The molecule has 0 atom stereocenters. The van der Waals surface area contributed by atoms with Crippen LogP contribution >= 0.6 is 23.2 Å². The second kappa shape index (κ2) is 6.73. The summed E-state index contributed by atoms with van der Waals surface area (Å²) in [5, 5.41) is 8.05. The van der Waals surface area contributed by atoms with Gasteiger partial charge in [-0.1, -0.05) is 35.3 Å². The lowest BCUT2D eigenvalue weighted by molar-refractivity contribution is 1.52. The van der Waals surface area contributed by atoms with Crippen molar-refractivity contribution in [2.24, 2.45) is 0 Å². The molecule has 0 saturated carbocycles. The fraction of sp³-hybridized carbons (Fsp3) is 0. The Morgan fingerprint density at radius 2 is 0.909 bits per heavy atom. The van der Waals surface area contributed by atoms with Gasteiger partial charge in [0.25, 0.3) is 0 Å². The lowest BCUT2D eigenvalue weighted by Crippen LogP contribution is -1.92. The van der Waals surface area contributed by atoms with Crippen LogP contribution in [-0.2, 0) is 0 Å². The van der Waals surface area contributed by atoms with Crippen molar-refractivity contribution in [1.29, 1.82) is 0 Å². The van der Waals surface area contributed by atoms with Gasteiger partial charge in [-0.25, -0.2) is 0 Å². The van der Waals surface area contributed by atoms with Crippen LogP contribution in [0.2, 0.25) is 10.0 Å². The van der Waals surface area contributed by atoms with Crippen LogP contribution in [0.15, 0.2) is 72.8 Å². The first-order chi connectivity index (χ1) is 10.7. The first-order valence-corrected chi connectivity index (χ1v) is 7.60. The normalized spacial score (nSPS) is 10.3. The van der Waals surface area contributed by atoms with Crippen molar-refractivity contribution in [3.63, 3.8) is 0 Å². The number of anilines is 4. The van der Waals surface area contributed by atoms with Gasteiger partial charge in [-0.3, -0.25) is 0 Å². The van der Waals surface area contributed by atoms with Crippen molar-refractivity contribution in [3.8, 4) is 0 Å². The lowest BCUT2D eigenvalue weighted by Gasteiger charge is -2.10. The number of nitrogens with one attached hydrogen (secondary N) is 2. The Hall–Kier alpha value is -2.16. The predicted molar refractivity (Wildman–Crippen MR) is 95.9 cm³/mol. The molecule has 4 heteroatoms. The van der Waals surface area contributed by atoms with Gasteiger partial charge in [0.05, 0.1) is 0 Å². The molecule has 0 aliphatic carbocycles. The van der Waals surface area contributed by atoms with E-state index in [1.54, 1.807) is 0 Å². The Morgan fingerprint density at radius 1 is 0.500 bits per heavy atom. The molecular formula is C18H14Cl2N2. The highest BCUT2D eigenvalue weighted by molar-refractivity contribution is 6.31. The highest BCUT2D eigenvalue weighted by atomic mass is 35.5. The standard InChI is InChI=1S/C18H14Cl2N2/c19-13-3-1-5-17(11-13)21-15-7-9-16(10-8-15)22-18-6-2-4-14(20)12-18/h1-12,21-22H. The van der Waals surface area contributed by atoms with E-state index in [9.17, 15) is 0 Å². The Morgan fingerprint density at radius 3 is 1.27 bits per heavy atom. The summed E-state index contributed by atoms with van der Waals surface area (Å²) in [6, 6.07) is 23.3. The van der Waals surface area contributed by atoms with Gasteiger partial charge >= 0.3 is 0 Å². The van der Waals surface area contributed by atoms with Crippen molar-refractivity contribution in [2.75, 3.05) is 10.6 Å². The fourth-order valence-corrected chi connectivity index (χ4v) is 2.48. The van der Waals surface area contributed by atoms with E-state index in [0.29, 0.717) is 10.0 Å². The molecule has 2 nitrogen and oxygen atoms in total. The minimum Gasteiger partial charge on any atom is -0.355 e. The quantitative estimate of drug-likeness (QED) is 0.572. The van der Waals surface area contributed by atoms with E-state index in [-0.39, 0.29) is 0 Å². The first kappa shape index (κ1) is 14.8. The van der Waals surface area contributed by atoms with E-state index < -0.39 is 0 Å². The van der Waals surface area contributed by atoms with Gasteiger partial charge < -0.3 is 10.6 Å². The van der Waals surface area contributed by atoms with Gasteiger partial charge in [0, 0.05) is 32.8 Å². The lowest BCUT2D eigenvalue weighted by atomic mass is 10.2. The zero-order valence-electron chi connectivity index (χ0n) is 11.7. The first-order valence-electron chi connectivity index (χ1n) is 6.84. The summed E-state index contributed by atoms with van der Waals surface area (Å²) in [6.45, 7) is 0. The van der Waals surface area contributed by atoms with Gasteiger partial charge in [0.1, 0.15) is 0 Å². The minimum atomic E-state index is 0.712. The Labute approximate surface area is 139 Å². The molecule has 0 spiro atoms. The van der Waals surface area contributed by atoms with Crippen LogP contribution in [0, 0.1) is 0 Å². The molecule has 110 valence electrons. The largest absolute Gasteiger partial charge is 0.355 e. The molecule has 2 N–H and O–H groups in total. The van der Waals surface area contributed by atoms with Gasteiger partial charge in [-0.15, -0.1) is 0 Å². The fourth-order valence-electron chi connectivity index (χ4n) is 2.10. The maximum absolute atomic E-state index is 5.98. The molecule has 0 aliphatic rings. The molecular weight excluding hydrogens is 315 g/mol. The number of benzene rings is 3. The Kier molecular flexibility index (Phi) is 4.52. The monoisotopic (exact) mass is 328 g/mol. The summed E-state index contributed by atoms with van der Waals surface area (Å²) < 4.78 is 0. The van der Waals surface area contributed by atoms with Crippen molar-refractivity contribution in [1.82, 2.24) is 0 Å². The van der Waals surface area contributed by atoms with Crippen LogP contribution in [-0.4, -0.2) is 0 Å². The van der Waals surface area contributed by atoms with Crippen LogP contribution in [0.3, 0.4) is 0 Å². The summed E-state index contributed by atoms with van der Waals surface area (Å²) in [5.41, 5.74) is 3.92. The van der Waals surface area contributed by atoms with Gasteiger partial charge in [-0.05, 0) is 60.7 Å². The second-order valence-corrected chi connectivity index (χ2v) is 5.72. The maximum atomic E-state index is 5.98. The van der Waals surface area contributed by atoms with Crippen LogP contribution in [0.5, 0.6) is 0 Å². The minimum absolute atomic E-state index is 0.712. The highest BCUT2D eigenvalue weighted by Gasteiger charge is 1.98. The van der Waals surface area contributed by atoms with E-state index >= 15 is 0 Å². The third kappa shape index (κ3) is 3.94. The summed E-state index contributed by atoms with van der Waals surface area (Å²) >= 11 is 12.0. The molecule has 0 bridgehead atoms. The van der Waals surface area contributed by atoms with E-state index in [1.165, 1.54) is 0 Å². The van der Waals surface area contributed by atoms with E-state index in [4.69, 9.17) is 23.2 Å². The van der Waals surface area contributed by atoms with Crippen LogP contribution < -0.4 is 10.6 Å². The maximum Gasteiger partial charge on any atom is 0.0426 e. The molecule has 0 saturated heterocycles. The molecule has 0 radical (unpaired) electrons. The summed E-state index contributed by atoms with van der Waals surface area (Å²) in [7, 11) is 0. The summed E-state index contributed by atoms with van der Waals surface area (Å²) in [6.07, 6.45) is 0. The van der Waals surface area contributed by atoms with Crippen molar-refractivity contribution in [3.05, 3.63) is 82.8 Å². The highest BCUT2D eigenvalue weighted by Crippen LogP contribution is 2.24. The second-order valence-electron chi connectivity index (χ2n) is 4.85. The molecule has 22 heavy (non-hydrogen) atoms. The predicted octanol–water partition coefficient (Wildman–Crippen LogP) is 6.48. The zero-order valence-corrected chi connectivity index (χ0v) is 13.2. The molecule has 3 rings (SSSR count). The number of rotatable bonds is 4. The molecule has 0 amide bonds. The molecule has 0 aliphatic heterocycles. The molecule has 0 heterocycles. The van der Waals surface area contributed by atoms with Gasteiger partial charge in [-0.2, -0.15) is 0 Å². The van der Waals surface area contributed by atoms with Gasteiger partial charge in [0.2, 0.25) is 0 Å². The van der Waals surface area contributed by atoms with E-state index in [2.05, 4.69) is 10.6 Å². The summed E-state index contributed by atoms with van der Waals surface area (Å²) in [4.78, 5) is 0. The number of halogens is 2. The summed E-state index contributed by atoms with van der Waals surface area (Å²) in [5.74, 6) is 0. The molecule has 3 aromatic carbocycles. The molecule has 3 aromatic rings. The topological polar surface area (TPSA) is 24.1 Å². The third-order valence-corrected chi connectivity index (χ3v) is 3.58. The zero-order chi connectivity index (χ0) is 15.4. The van der Waals surface area contributed by atoms with Crippen LogP contribution in [0.25, 0.3) is 0 Å². The molecule has 0 unspecified atom stereocenters. The third-order valence-electron chi connectivity index (χ3n) is 3.11. The average Bonchev–Trinajstić information content (AvgIpc) is 2.49. The van der Waals surface area contributed by atoms with E-state index in [1.807, 2.05) is 72.8 Å². The number of hydrogen-bond acceptors (Lipinski definition) is 2. The smallest absolute Gasteiger partial charge is 0.0426 e. The SMILES string of the molecule is Clc1cccc(Nc2ccc(Nc3cccc(Cl)c3)cc2)c1. The van der Waals surface area contributed by atoms with Crippen LogP contribution in [0.4, 0.5) is 22.7 Å². The Balaban J connectivity index is 1.70. The number of hydrogen-bond donors (Lipinski definition) is 2. The Bertz CT molecular complexity index is 704. The van der Waals surface area contributed by atoms with Gasteiger partial charge in [0.15, 0.2) is 0 Å². The van der Waals surface area contributed by atoms with Crippen molar-refractivity contribution < 1.29 is 0 Å².